The average molecular weight is 355 g/mol. The fraction of sp³-hybridized carbons (Fsp3) is 0.111. The Morgan fingerprint density at radius 3 is 2.62 bits per heavy atom. The molecular formula is C18H14FN3O4. The molecule has 7 nitrogen and oxygen atoms in total. The number of amides is 1. The molecule has 0 aromatic heterocycles. The van der Waals surface area contributed by atoms with E-state index in [9.17, 15) is 14.0 Å². The van der Waals surface area contributed by atoms with Gasteiger partial charge < -0.3 is 9.47 Å². The number of benzene rings is 2. The normalized spacial score (nSPS) is 10.2. The minimum Gasteiger partial charge on any atom is -0.482 e. The van der Waals surface area contributed by atoms with Gasteiger partial charge >= 0.3 is 5.97 Å². The van der Waals surface area contributed by atoms with Crippen LogP contribution in [0.5, 0.6) is 5.75 Å². The van der Waals surface area contributed by atoms with E-state index in [1.54, 1.807) is 30.3 Å². The van der Waals surface area contributed by atoms with Gasteiger partial charge in [0.05, 0.1) is 30.5 Å². The number of halogens is 1. The molecule has 0 fully saturated rings. The van der Waals surface area contributed by atoms with Gasteiger partial charge in [-0.1, -0.05) is 0 Å². The van der Waals surface area contributed by atoms with Gasteiger partial charge in [0.25, 0.3) is 5.91 Å². The maximum absolute atomic E-state index is 13.7. The molecule has 1 amide bonds. The summed E-state index contributed by atoms with van der Waals surface area (Å²) in [5.74, 6) is -1.56. The van der Waals surface area contributed by atoms with E-state index >= 15 is 0 Å². The Morgan fingerprint density at radius 1 is 1.27 bits per heavy atom. The second kappa shape index (κ2) is 8.94. The smallest absolute Gasteiger partial charge is 0.343 e. The van der Waals surface area contributed by atoms with E-state index in [0.29, 0.717) is 11.3 Å². The van der Waals surface area contributed by atoms with E-state index in [0.717, 1.165) is 6.07 Å². The first kappa shape index (κ1) is 18.6. The zero-order chi connectivity index (χ0) is 18.9. The van der Waals surface area contributed by atoms with E-state index in [4.69, 9.17) is 10.00 Å². The number of esters is 1. The molecular weight excluding hydrogens is 341 g/mol. The number of carbonyl (C=O) groups is 2. The van der Waals surface area contributed by atoms with Crippen LogP contribution in [-0.2, 0) is 9.53 Å². The second-order valence-electron chi connectivity index (χ2n) is 4.94. The Kier molecular flexibility index (Phi) is 6.40. The molecule has 2 aromatic carbocycles. The number of nitrogens with one attached hydrogen (secondary N) is 1. The molecule has 0 radical (unpaired) electrons. The Hall–Kier alpha value is -3.73. The number of rotatable bonds is 6. The molecule has 1 N–H and O–H groups in total. The van der Waals surface area contributed by atoms with Crippen LogP contribution in [0.15, 0.2) is 47.6 Å². The van der Waals surface area contributed by atoms with Gasteiger partial charge in [0.15, 0.2) is 6.61 Å². The fourth-order valence-electron chi connectivity index (χ4n) is 1.85. The first-order chi connectivity index (χ1) is 12.5. The second-order valence-corrected chi connectivity index (χ2v) is 4.94. The summed E-state index contributed by atoms with van der Waals surface area (Å²) in [5, 5.41) is 12.4. The van der Waals surface area contributed by atoms with Crippen molar-refractivity contribution in [3.05, 3.63) is 65.0 Å². The number of ether oxygens (including phenoxy) is 2. The lowest BCUT2D eigenvalue weighted by molar-refractivity contribution is -0.142. The minimum absolute atomic E-state index is 0.122. The van der Waals surface area contributed by atoms with Crippen molar-refractivity contribution in [3.8, 4) is 11.8 Å². The summed E-state index contributed by atoms with van der Waals surface area (Å²) in [6.45, 7) is -0.198. The summed E-state index contributed by atoms with van der Waals surface area (Å²) in [4.78, 5) is 22.9. The average Bonchev–Trinajstić information content (AvgIpc) is 2.66. The molecule has 132 valence electrons. The number of nitriles is 1. The summed E-state index contributed by atoms with van der Waals surface area (Å²) < 4.78 is 23.4. The highest BCUT2D eigenvalue weighted by Crippen LogP contribution is 2.12. The standard InChI is InChI=1S/C18H14FN3O4/c1-25-17(23)11-26-14-5-2-12(3-6-14)10-21-22-18(24)15-7-4-13(9-20)8-16(15)19/h2-8,10H,11H2,1H3,(H,22,24)/b21-10-. The lowest BCUT2D eigenvalue weighted by Crippen LogP contribution is -2.19. The van der Waals surface area contributed by atoms with Crippen LogP contribution in [0, 0.1) is 17.1 Å². The molecule has 0 saturated carbocycles. The van der Waals surface area contributed by atoms with Gasteiger partial charge in [-0.15, -0.1) is 0 Å². The predicted molar refractivity (Wildman–Crippen MR) is 90.1 cm³/mol. The van der Waals surface area contributed by atoms with Crippen LogP contribution in [0.2, 0.25) is 0 Å². The van der Waals surface area contributed by atoms with Crippen molar-refractivity contribution in [2.45, 2.75) is 0 Å². The van der Waals surface area contributed by atoms with E-state index in [1.165, 1.54) is 25.5 Å². The third-order valence-corrected chi connectivity index (χ3v) is 3.19. The number of hydrazone groups is 1. The Morgan fingerprint density at radius 2 is 2.00 bits per heavy atom. The predicted octanol–water partition coefficient (Wildman–Crippen LogP) is 2.01. The topological polar surface area (TPSA) is 101 Å². The monoisotopic (exact) mass is 355 g/mol. The zero-order valence-electron chi connectivity index (χ0n) is 13.7. The summed E-state index contributed by atoms with van der Waals surface area (Å²) >= 11 is 0. The third-order valence-electron chi connectivity index (χ3n) is 3.19. The van der Waals surface area contributed by atoms with Crippen LogP contribution in [0.3, 0.4) is 0 Å². The summed E-state index contributed by atoms with van der Waals surface area (Å²) in [5.41, 5.74) is 2.76. The van der Waals surface area contributed by atoms with Gasteiger partial charge in [-0.2, -0.15) is 10.4 Å². The lowest BCUT2D eigenvalue weighted by atomic mass is 10.1. The van der Waals surface area contributed by atoms with Crippen molar-refractivity contribution in [1.29, 1.82) is 5.26 Å². The number of nitrogens with zero attached hydrogens (tertiary/aromatic N) is 2. The van der Waals surface area contributed by atoms with Gasteiger partial charge in [0, 0.05) is 0 Å². The van der Waals surface area contributed by atoms with E-state index in [-0.39, 0.29) is 17.7 Å². The van der Waals surface area contributed by atoms with Crippen molar-refractivity contribution in [3.63, 3.8) is 0 Å². The molecule has 0 aliphatic carbocycles. The van der Waals surface area contributed by atoms with Gasteiger partial charge in [0.2, 0.25) is 0 Å². The Labute approximate surface area is 148 Å². The Balaban J connectivity index is 1.92. The van der Waals surface area contributed by atoms with E-state index in [1.807, 2.05) is 0 Å². The highest BCUT2D eigenvalue weighted by atomic mass is 19.1. The van der Waals surface area contributed by atoms with Crippen molar-refractivity contribution < 1.29 is 23.5 Å². The molecule has 0 spiro atoms. The van der Waals surface area contributed by atoms with Gasteiger partial charge in [-0.05, 0) is 48.0 Å². The SMILES string of the molecule is COC(=O)COc1ccc(/C=N\NC(=O)c2ccc(C#N)cc2F)cc1. The highest BCUT2D eigenvalue weighted by molar-refractivity contribution is 5.95. The summed E-state index contributed by atoms with van der Waals surface area (Å²) in [7, 11) is 1.27. The zero-order valence-corrected chi connectivity index (χ0v) is 13.7. The van der Waals surface area contributed by atoms with Crippen LogP contribution in [-0.4, -0.2) is 31.8 Å². The van der Waals surface area contributed by atoms with Crippen LogP contribution >= 0.6 is 0 Å². The molecule has 0 bridgehead atoms. The minimum atomic E-state index is -0.802. The quantitative estimate of drug-likeness (QED) is 0.485. The largest absolute Gasteiger partial charge is 0.482 e. The molecule has 0 saturated heterocycles. The summed E-state index contributed by atoms with van der Waals surface area (Å²) in [6, 6.07) is 11.9. The molecule has 0 atom stereocenters. The van der Waals surface area contributed by atoms with Crippen molar-refractivity contribution in [2.75, 3.05) is 13.7 Å². The van der Waals surface area contributed by atoms with Gasteiger partial charge in [0.1, 0.15) is 11.6 Å². The molecule has 0 aliphatic rings. The molecule has 2 aromatic rings. The number of methoxy groups -OCH3 is 1. The maximum Gasteiger partial charge on any atom is 0.343 e. The fourth-order valence-corrected chi connectivity index (χ4v) is 1.85. The molecule has 0 heterocycles. The molecule has 0 unspecified atom stereocenters. The van der Waals surface area contributed by atoms with E-state index < -0.39 is 17.7 Å². The van der Waals surface area contributed by atoms with Crippen molar-refractivity contribution in [2.24, 2.45) is 5.10 Å². The molecule has 2 rings (SSSR count). The molecule has 8 heteroatoms. The third kappa shape index (κ3) is 5.14. The summed E-state index contributed by atoms with van der Waals surface area (Å²) in [6.07, 6.45) is 1.36. The highest BCUT2D eigenvalue weighted by Gasteiger charge is 2.11. The maximum atomic E-state index is 13.7. The van der Waals surface area contributed by atoms with Gasteiger partial charge in [-0.3, -0.25) is 4.79 Å². The van der Waals surface area contributed by atoms with Gasteiger partial charge in [-0.25, -0.2) is 14.6 Å². The van der Waals surface area contributed by atoms with Crippen molar-refractivity contribution in [1.82, 2.24) is 5.43 Å². The first-order valence-electron chi connectivity index (χ1n) is 7.36. The number of hydrogen-bond acceptors (Lipinski definition) is 6. The molecule has 26 heavy (non-hydrogen) atoms. The van der Waals surface area contributed by atoms with Crippen LogP contribution in [0.4, 0.5) is 4.39 Å². The number of hydrogen-bond donors (Lipinski definition) is 1. The van der Waals surface area contributed by atoms with E-state index in [2.05, 4.69) is 15.3 Å². The van der Waals surface area contributed by atoms with Crippen LogP contribution in [0.1, 0.15) is 21.5 Å². The molecule has 0 aliphatic heterocycles. The van der Waals surface area contributed by atoms with Crippen LogP contribution in [0.25, 0.3) is 0 Å². The van der Waals surface area contributed by atoms with Crippen LogP contribution < -0.4 is 10.2 Å². The number of carbonyl (C=O) groups excluding carboxylic acids is 2. The Bertz CT molecular complexity index is 873. The van der Waals surface area contributed by atoms with Crippen molar-refractivity contribution >= 4 is 18.1 Å². The lowest BCUT2D eigenvalue weighted by Gasteiger charge is -2.04. The first-order valence-corrected chi connectivity index (χ1v) is 7.36.